The molecule has 18 heavy (non-hydrogen) atoms. The molecule has 100 valence electrons. The second-order valence-electron chi connectivity index (χ2n) is 7.68. The Labute approximate surface area is 110 Å². The molecular formula is C16H25NO. The summed E-state index contributed by atoms with van der Waals surface area (Å²) >= 11 is 0. The van der Waals surface area contributed by atoms with E-state index in [-0.39, 0.29) is 0 Å². The van der Waals surface area contributed by atoms with E-state index >= 15 is 0 Å². The molecule has 0 heterocycles. The van der Waals surface area contributed by atoms with Crippen LogP contribution in [0.5, 0.6) is 0 Å². The molecule has 0 unspecified atom stereocenters. The van der Waals surface area contributed by atoms with Crippen LogP contribution in [0.15, 0.2) is 0 Å². The van der Waals surface area contributed by atoms with Crippen molar-refractivity contribution in [3.8, 4) is 0 Å². The van der Waals surface area contributed by atoms with Gasteiger partial charge in [0.15, 0.2) is 5.78 Å². The lowest BCUT2D eigenvalue weighted by molar-refractivity contribution is -0.141. The first-order valence-corrected chi connectivity index (χ1v) is 7.99. The SMILES string of the molecule is NC1(C(=O)C2C3CC4CC(C3)CC2C4)CCCC1. The first-order chi connectivity index (χ1) is 8.66. The number of carbonyl (C=O) groups is 1. The summed E-state index contributed by atoms with van der Waals surface area (Å²) in [5, 5.41) is 0. The zero-order valence-corrected chi connectivity index (χ0v) is 11.2. The summed E-state index contributed by atoms with van der Waals surface area (Å²) in [6, 6.07) is 0. The molecule has 0 aromatic carbocycles. The predicted octanol–water partition coefficient (Wildman–Crippen LogP) is 2.90. The summed E-state index contributed by atoms with van der Waals surface area (Å²) in [4.78, 5) is 12.9. The van der Waals surface area contributed by atoms with Gasteiger partial charge in [-0.3, -0.25) is 4.79 Å². The topological polar surface area (TPSA) is 43.1 Å². The number of hydrogen-bond donors (Lipinski definition) is 1. The van der Waals surface area contributed by atoms with Gasteiger partial charge in [0.05, 0.1) is 5.54 Å². The lowest BCUT2D eigenvalue weighted by Gasteiger charge is -2.55. The molecule has 0 saturated heterocycles. The molecule has 5 fully saturated rings. The highest BCUT2D eigenvalue weighted by atomic mass is 16.1. The minimum absolute atomic E-state index is 0.348. The smallest absolute Gasteiger partial charge is 0.156 e. The molecule has 0 aromatic heterocycles. The van der Waals surface area contributed by atoms with Crippen LogP contribution in [0, 0.1) is 29.6 Å². The van der Waals surface area contributed by atoms with Crippen molar-refractivity contribution in [2.24, 2.45) is 35.3 Å². The zero-order valence-electron chi connectivity index (χ0n) is 11.2. The van der Waals surface area contributed by atoms with E-state index < -0.39 is 5.54 Å². The molecule has 0 radical (unpaired) electrons. The molecule has 0 amide bonds. The van der Waals surface area contributed by atoms with E-state index in [4.69, 9.17) is 5.73 Å². The van der Waals surface area contributed by atoms with Gasteiger partial charge in [0.25, 0.3) is 0 Å². The van der Waals surface area contributed by atoms with Crippen molar-refractivity contribution < 1.29 is 4.79 Å². The van der Waals surface area contributed by atoms with Gasteiger partial charge in [-0.15, -0.1) is 0 Å². The van der Waals surface area contributed by atoms with Gasteiger partial charge in [-0.2, -0.15) is 0 Å². The third kappa shape index (κ3) is 1.54. The molecule has 5 rings (SSSR count). The molecule has 2 heteroatoms. The van der Waals surface area contributed by atoms with Gasteiger partial charge in [-0.05, 0) is 68.6 Å². The molecule has 0 aliphatic heterocycles. The summed E-state index contributed by atoms with van der Waals surface area (Å²) in [6.45, 7) is 0. The van der Waals surface area contributed by atoms with Crippen molar-refractivity contribution in [2.75, 3.05) is 0 Å². The van der Waals surface area contributed by atoms with Crippen LogP contribution in [0.25, 0.3) is 0 Å². The van der Waals surface area contributed by atoms with Crippen LogP contribution in [0.2, 0.25) is 0 Å². The molecular weight excluding hydrogens is 222 g/mol. The van der Waals surface area contributed by atoms with Crippen LogP contribution >= 0.6 is 0 Å². The monoisotopic (exact) mass is 247 g/mol. The summed E-state index contributed by atoms with van der Waals surface area (Å²) in [5.74, 6) is 4.13. The number of nitrogens with two attached hydrogens (primary N) is 1. The number of hydrogen-bond acceptors (Lipinski definition) is 2. The van der Waals surface area contributed by atoms with Gasteiger partial charge in [0.1, 0.15) is 0 Å². The minimum Gasteiger partial charge on any atom is -0.319 e. The van der Waals surface area contributed by atoms with Crippen LogP contribution in [0.3, 0.4) is 0 Å². The highest BCUT2D eigenvalue weighted by molar-refractivity contribution is 5.91. The standard InChI is InChI=1S/C16H25NO/c17-16(3-1-2-4-16)15(18)14-12-6-10-5-11(8-12)9-13(14)7-10/h10-14H,1-9,17H2. The molecule has 2 N–H and O–H groups in total. The van der Waals surface area contributed by atoms with Crippen LogP contribution in [-0.4, -0.2) is 11.3 Å². The molecule has 0 spiro atoms. The molecule has 2 nitrogen and oxygen atoms in total. The molecule has 5 aliphatic rings. The molecule has 0 aromatic rings. The van der Waals surface area contributed by atoms with Gasteiger partial charge >= 0.3 is 0 Å². The normalized spacial score (nSPS) is 48.6. The van der Waals surface area contributed by atoms with Crippen molar-refractivity contribution in [1.29, 1.82) is 0 Å². The van der Waals surface area contributed by atoms with Gasteiger partial charge in [-0.25, -0.2) is 0 Å². The molecule has 5 saturated carbocycles. The van der Waals surface area contributed by atoms with Crippen LogP contribution in [-0.2, 0) is 4.79 Å². The fourth-order valence-electron chi connectivity index (χ4n) is 5.94. The number of Topliss-reactive ketones (excluding diaryl/α,β-unsaturated/α-hetero) is 1. The second kappa shape index (κ2) is 3.82. The average Bonchev–Trinajstić information content (AvgIpc) is 2.76. The highest BCUT2D eigenvalue weighted by Crippen LogP contribution is 2.57. The Kier molecular flexibility index (Phi) is 2.43. The van der Waals surface area contributed by atoms with E-state index in [0.29, 0.717) is 23.5 Å². The minimum atomic E-state index is -0.431. The average molecular weight is 247 g/mol. The van der Waals surface area contributed by atoms with Gasteiger partial charge in [0, 0.05) is 5.92 Å². The maximum Gasteiger partial charge on any atom is 0.156 e. The van der Waals surface area contributed by atoms with Crippen LogP contribution < -0.4 is 5.73 Å². The van der Waals surface area contributed by atoms with Gasteiger partial charge < -0.3 is 5.73 Å². The van der Waals surface area contributed by atoms with Crippen molar-refractivity contribution in [3.63, 3.8) is 0 Å². The second-order valence-corrected chi connectivity index (χ2v) is 7.68. The van der Waals surface area contributed by atoms with Crippen LogP contribution in [0.4, 0.5) is 0 Å². The van der Waals surface area contributed by atoms with Crippen molar-refractivity contribution in [3.05, 3.63) is 0 Å². The Hall–Kier alpha value is -0.370. The van der Waals surface area contributed by atoms with E-state index in [1.165, 1.54) is 32.1 Å². The highest BCUT2D eigenvalue weighted by Gasteiger charge is 2.54. The number of ketones is 1. The lowest BCUT2D eigenvalue weighted by atomic mass is 9.50. The Bertz CT molecular complexity index is 341. The van der Waals surface area contributed by atoms with E-state index in [1.54, 1.807) is 0 Å². The number of rotatable bonds is 2. The summed E-state index contributed by atoms with van der Waals surface area (Å²) in [5.41, 5.74) is 6.00. The molecule has 5 aliphatic carbocycles. The third-order valence-electron chi connectivity index (χ3n) is 6.52. The fourth-order valence-corrected chi connectivity index (χ4v) is 5.94. The fraction of sp³-hybridized carbons (Fsp3) is 0.938. The Morgan fingerprint density at radius 3 is 1.89 bits per heavy atom. The van der Waals surface area contributed by atoms with E-state index in [1.807, 2.05) is 0 Å². The zero-order chi connectivity index (χ0) is 12.3. The van der Waals surface area contributed by atoms with Crippen molar-refractivity contribution >= 4 is 5.78 Å². The lowest BCUT2D eigenvalue weighted by Crippen LogP contribution is -2.56. The third-order valence-corrected chi connectivity index (χ3v) is 6.52. The first kappa shape index (κ1) is 11.5. The predicted molar refractivity (Wildman–Crippen MR) is 70.9 cm³/mol. The number of carbonyl (C=O) groups excluding carboxylic acids is 1. The van der Waals surface area contributed by atoms with Crippen LogP contribution in [0.1, 0.15) is 57.8 Å². The van der Waals surface area contributed by atoms with Gasteiger partial charge in [0.2, 0.25) is 0 Å². The van der Waals surface area contributed by atoms with E-state index in [0.717, 1.165) is 37.5 Å². The van der Waals surface area contributed by atoms with E-state index in [2.05, 4.69) is 0 Å². The summed E-state index contributed by atoms with van der Waals surface area (Å²) < 4.78 is 0. The Balaban J connectivity index is 1.59. The van der Waals surface area contributed by atoms with E-state index in [9.17, 15) is 4.79 Å². The van der Waals surface area contributed by atoms with Crippen molar-refractivity contribution in [2.45, 2.75) is 63.3 Å². The maximum atomic E-state index is 12.9. The quantitative estimate of drug-likeness (QED) is 0.815. The largest absolute Gasteiger partial charge is 0.319 e. The molecule has 0 atom stereocenters. The maximum absolute atomic E-state index is 12.9. The first-order valence-electron chi connectivity index (χ1n) is 7.99. The van der Waals surface area contributed by atoms with Crippen molar-refractivity contribution in [1.82, 2.24) is 0 Å². The summed E-state index contributed by atoms with van der Waals surface area (Å²) in [7, 11) is 0. The van der Waals surface area contributed by atoms with Gasteiger partial charge in [-0.1, -0.05) is 12.8 Å². The molecule has 4 bridgehead atoms. The Morgan fingerprint density at radius 1 is 0.889 bits per heavy atom. The summed E-state index contributed by atoms with van der Waals surface area (Å²) in [6.07, 6.45) is 11.0. The Morgan fingerprint density at radius 2 is 1.39 bits per heavy atom.